The monoisotopic (exact) mass is 252 g/mol. The van der Waals surface area contributed by atoms with Crippen molar-refractivity contribution in [2.45, 2.75) is 66.7 Å². The van der Waals surface area contributed by atoms with Gasteiger partial charge in [-0.3, -0.25) is 0 Å². The van der Waals surface area contributed by atoms with Crippen LogP contribution in [-0.4, -0.2) is 13.2 Å². The molecule has 1 nitrogen and oxygen atoms in total. The lowest BCUT2D eigenvalue weighted by atomic mass is 9.64. The first-order chi connectivity index (χ1) is 8.33. The highest BCUT2D eigenvalue weighted by Gasteiger charge is 2.49. The first kappa shape index (κ1) is 15.8. The molecule has 1 rings (SSSR count). The highest BCUT2D eigenvalue weighted by atomic mass is 16.5. The number of ether oxygens (including phenoxy) is 1. The Morgan fingerprint density at radius 1 is 1.28 bits per heavy atom. The largest absolute Gasteiger partial charge is 0.381 e. The van der Waals surface area contributed by atoms with E-state index in [-0.39, 0.29) is 0 Å². The van der Waals surface area contributed by atoms with Crippen LogP contribution in [0.3, 0.4) is 0 Å². The van der Waals surface area contributed by atoms with E-state index in [9.17, 15) is 0 Å². The maximum Gasteiger partial charge on any atom is 0.0502 e. The van der Waals surface area contributed by atoms with Crippen molar-refractivity contribution >= 4 is 0 Å². The molecular weight excluding hydrogens is 220 g/mol. The van der Waals surface area contributed by atoms with Crippen LogP contribution in [-0.2, 0) is 4.74 Å². The summed E-state index contributed by atoms with van der Waals surface area (Å²) in [6.07, 6.45) is 6.28. The topological polar surface area (TPSA) is 9.23 Å². The van der Waals surface area contributed by atoms with Gasteiger partial charge in [0.15, 0.2) is 0 Å². The SMILES string of the molecule is C=C(C)CCOCCC1CCC(C)(CC)C1(C)C. The van der Waals surface area contributed by atoms with Crippen LogP contribution < -0.4 is 0 Å². The second-order valence-corrected chi connectivity index (χ2v) is 6.98. The molecule has 0 N–H and O–H groups in total. The smallest absolute Gasteiger partial charge is 0.0502 e. The van der Waals surface area contributed by atoms with Crippen LogP contribution in [0.2, 0.25) is 0 Å². The van der Waals surface area contributed by atoms with Crippen molar-refractivity contribution in [2.75, 3.05) is 13.2 Å². The van der Waals surface area contributed by atoms with Gasteiger partial charge in [0.05, 0.1) is 6.61 Å². The summed E-state index contributed by atoms with van der Waals surface area (Å²) >= 11 is 0. The molecule has 1 fully saturated rings. The molecule has 1 heteroatoms. The summed E-state index contributed by atoms with van der Waals surface area (Å²) in [4.78, 5) is 0. The highest BCUT2D eigenvalue weighted by Crippen LogP contribution is 2.58. The van der Waals surface area contributed by atoms with Crippen LogP contribution in [0.15, 0.2) is 12.2 Å². The Bertz CT molecular complexity index is 279. The number of hydrogen-bond donors (Lipinski definition) is 0. The summed E-state index contributed by atoms with van der Waals surface area (Å²) in [5, 5.41) is 0. The average Bonchev–Trinajstić information content (AvgIpc) is 2.52. The third-order valence-electron chi connectivity index (χ3n) is 5.68. The summed E-state index contributed by atoms with van der Waals surface area (Å²) < 4.78 is 5.74. The molecule has 2 unspecified atom stereocenters. The minimum atomic E-state index is 0.458. The van der Waals surface area contributed by atoms with Crippen LogP contribution in [0.4, 0.5) is 0 Å². The molecule has 0 aromatic heterocycles. The van der Waals surface area contributed by atoms with E-state index in [1.165, 1.54) is 31.3 Å². The van der Waals surface area contributed by atoms with Crippen molar-refractivity contribution in [2.24, 2.45) is 16.7 Å². The first-order valence-electron chi connectivity index (χ1n) is 7.55. The van der Waals surface area contributed by atoms with E-state index in [1.807, 2.05) is 0 Å². The predicted molar refractivity (Wildman–Crippen MR) is 79.8 cm³/mol. The number of hydrogen-bond acceptors (Lipinski definition) is 1. The second kappa shape index (κ2) is 6.23. The Labute approximate surface area is 114 Å². The summed E-state index contributed by atoms with van der Waals surface area (Å²) in [7, 11) is 0. The minimum Gasteiger partial charge on any atom is -0.381 e. The van der Waals surface area contributed by atoms with Gasteiger partial charge in [0, 0.05) is 6.61 Å². The lowest BCUT2D eigenvalue weighted by Crippen LogP contribution is -2.34. The van der Waals surface area contributed by atoms with E-state index in [4.69, 9.17) is 4.74 Å². The average molecular weight is 252 g/mol. The van der Waals surface area contributed by atoms with E-state index in [1.54, 1.807) is 0 Å². The molecule has 2 atom stereocenters. The van der Waals surface area contributed by atoms with Crippen molar-refractivity contribution < 1.29 is 4.74 Å². The van der Waals surface area contributed by atoms with Gasteiger partial charge in [-0.15, -0.1) is 6.58 Å². The molecule has 0 bridgehead atoms. The standard InChI is InChI=1S/C17H32O/c1-7-17(6)11-8-15(16(17,4)5)10-13-18-12-9-14(2)3/h15H,2,7-13H2,1,3-6H3. The molecule has 0 radical (unpaired) electrons. The number of rotatable bonds is 7. The van der Waals surface area contributed by atoms with Crippen molar-refractivity contribution in [3.8, 4) is 0 Å². The van der Waals surface area contributed by atoms with E-state index < -0.39 is 0 Å². The molecular formula is C17H32O. The zero-order valence-corrected chi connectivity index (χ0v) is 13.1. The van der Waals surface area contributed by atoms with Gasteiger partial charge in [-0.05, 0) is 49.4 Å². The van der Waals surface area contributed by atoms with Gasteiger partial charge in [-0.25, -0.2) is 0 Å². The summed E-state index contributed by atoms with van der Waals surface area (Å²) in [5.74, 6) is 0.826. The van der Waals surface area contributed by atoms with Gasteiger partial charge >= 0.3 is 0 Å². The summed E-state index contributed by atoms with van der Waals surface area (Å²) in [5.41, 5.74) is 2.20. The van der Waals surface area contributed by atoms with Crippen molar-refractivity contribution in [3.05, 3.63) is 12.2 Å². The van der Waals surface area contributed by atoms with Gasteiger partial charge in [0.1, 0.15) is 0 Å². The maximum absolute atomic E-state index is 5.74. The Hall–Kier alpha value is -0.300. The van der Waals surface area contributed by atoms with Gasteiger partial charge in [0.2, 0.25) is 0 Å². The lowest BCUT2D eigenvalue weighted by Gasteiger charge is -2.41. The first-order valence-corrected chi connectivity index (χ1v) is 7.55. The molecule has 0 heterocycles. The Balaban J connectivity index is 2.34. The molecule has 0 aliphatic heterocycles. The molecule has 1 saturated carbocycles. The lowest BCUT2D eigenvalue weighted by molar-refractivity contribution is 0.0548. The molecule has 0 amide bonds. The maximum atomic E-state index is 5.74. The molecule has 106 valence electrons. The van der Waals surface area contributed by atoms with Crippen LogP contribution in [0.1, 0.15) is 66.7 Å². The Morgan fingerprint density at radius 3 is 2.44 bits per heavy atom. The van der Waals surface area contributed by atoms with Gasteiger partial charge < -0.3 is 4.74 Å². The minimum absolute atomic E-state index is 0.458. The molecule has 0 saturated heterocycles. The van der Waals surface area contributed by atoms with Gasteiger partial charge in [-0.2, -0.15) is 0 Å². The van der Waals surface area contributed by atoms with Gasteiger partial charge in [-0.1, -0.05) is 39.7 Å². The summed E-state index contributed by atoms with van der Waals surface area (Å²) in [6, 6.07) is 0. The molecule has 0 aromatic rings. The van der Waals surface area contributed by atoms with Crippen LogP contribution in [0.5, 0.6) is 0 Å². The molecule has 18 heavy (non-hydrogen) atoms. The third-order valence-corrected chi connectivity index (χ3v) is 5.68. The Morgan fingerprint density at radius 2 is 1.94 bits per heavy atom. The highest BCUT2D eigenvalue weighted by molar-refractivity contribution is 4.99. The fraction of sp³-hybridized carbons (Fsp3) is 0.882. The zero-order chi connectivity index (χ0) is 13.8. The fourth-order valence-electron chi connectivity index (χ4n) is 3.38. The van der Waals surface area contributed by atoms with Gasteiger partial charge in [0.25, 0.3) is 0 Å². The normalized spacial score (nSPS) is 30.6. The van der Waals surface area contributed by atoms with E-state index in [2.05, 4.69) is 41.2 Å². The predicted octanol–water partition coefficient (Wildman–Crippen LogP) is 5.21. The fourth-order valence-corrected chi connectivity index (χ4v) is 3.38. The van der Waals surface area contributed by atoms with Crippen molar-refractivity contribution in [1.82, 2.24) is 0 Å². The molecule has 0 spiro atoms. The molecule has 1 aliphatic rings. The second-order valence-electron chi connectivity index (χ2n) is 6.98. The molecule has 0 aromatic carbocycles. The van der Waals surface area contributed by atoms with Crippen LogP contribution >= 0.6 is 0 Å². The van der Waals surface area contributed by atoms with Crippen molar-refractivity contribution in [1.29, 1.82) is 0 Å². The quantitative estimate of drug-likeness (QED) is 0.446. The summed E-state index contributed by atoms with van der Waals surface area (Å²) in [6.45, 7) is 17.5. The van der Waals surface area contributed by atoms with E-state index in [0.29, 0.717) is 10.8 Å². The Kier molecular flexibility index (Phi) is 5.46. The van der Waals surface area contributed by atoms with Crippen molar-refractivity contribution in [3.63, 3.8) is 0 Å². The van der Waals surface area contributed by atoms with Crippen LogP contribution in [0, 0.1) is 16.7 Å². The molecule has 1 aliphatic carbocycles. The zero-order valence-electron chi connectivity index (χ0n) is 13.1. The van der Waals surface area contributed by atoms with E-state index >= 15 is 0 Å². The third kappa shape index (κ3) is 3.38. The van der Waals surface area contributed by atoms with Crippen LogP contribution in [0.25, 0.3) is 0 Å². The van der Waals surface area contributed by atoms with E-state index in [0.717, 1.165) is 25.6 Å².